The number of anilines is 3. The quantitative estimate of drug-likeness (QED) is 0.738. The molecule has 0 saturated heterocycles. The topological polar surface area (TPSA) is 105 Å². The van der Waals surface area contributed by atoms with Gasteiger partial charge in [-0.3, -0.25) is 19.2 Å². The summed E-state index contributed by atoms with van der Waals surface area (Å²) in [7, 11) is 1.64. The number of amides is 3. The average molecular weight is 423 g/mol. The lowest BCUT2D eigenvalue weighted by Gasteiger charge is -2.29. The van der Waals surface area contributed by atoms with E-state index >= 15 is 0 Å². The normalized spacial score (nSPS) is 14.9. The van der Waals surface area contributed by atoms with E-state index in [1.807, 2.05) is 0 Å². The lowest BCUT2D eigenvalue weighted by atomic mass is 10.1. The Kier molecular flexibility index (Phi) is 5.33. The van der Waals surface area contributed by atoms with E-state index in [0.717, 1.165) is 0 Å². The molecular formula is C22H21N3O6. The predicted octanol–water partition coefficient (Wildman–Crippen LogP) is 2.00. The van der Waals surface area contributed by atoms with Gasteiger partial charge in [-0.15, -0.1) is 0 Å². The molecule has 0 unspecified atom stereocenters. The van der Waals surface area contributed by atoms with E-state index in [4.69, 9.17) is 9.47 Å². The predicted molar refractivity (Wildman–Crippen MR) is 113 cm³/mol. The molecule has 0 radical (unpaired) electrons. The molecule has 2 aliphatic heterocycles. The standard InChI is InChI=1S/C22H21N3O6/c1-13(26)14-3-5-19-17(9-14)25(22(29)12-31-19)8-7-20(27)23-15-4-6-18-16(10-15)24(2)21(28)11-30-18/h3-6,9-10H,7-8,11-12H2,1-2H3,(H,23,27). The minimum absolute atomic E-state index is 0.0183. The van der Waals surface area contributed by atoms with Gasteiger partial charge in [-0.2, -0.15) is 0 Å². The van der Waals surface area contributed by atoms with Gasteiger partial charge in [-0.25, -0.2) is 0 Å². The fourth-order valence-electron chi connectivity index (χ4n) is 3.45. The molecule has 4 rings (SSSR count). The Morgan fingerprint density at radius 1 is 0.968 bits per heavy atom. The van der Waals surface area contributed by atoms with Crippen LogP contribution in [0.25, 0.3) is 0 Å². The van der Waals surface area contributed by atoms with Crippen molar-refractivity contribution in [2.75, 3.05) is 41.9 Å². The van der Waals surface area contributed by atoms with Gasteiger partial charge in [0, 0.05) is 31.3 Å². The van der Waals surface area contributed by atoms with E-state index < -0.39 is 0 Å². The SMILES string of the molecule is CC(=O)c1ccc2c(c1)N(CCC(=O)Nc1ccc3c(c1)N(C)C(=O)CO3)C(=O)CO2. The van der Waals surface area contributed by atoms with Gasteiger partial charge in [0.15, 0.2) is 19.0 Å². The zero-order valence-electron chi connectivity index (χ0n) is 17.1. The fourth-order valence-corrected chi connectivity index (χ4v) is 3.45. The molecule has 2 aliphatic rings. The number of nitrogens with one attached hydrogen (secondary N) is 1. The van der Waals surface area contributed by atoms with Crippen LogP contribution in [0.3, 0.4) is 0 Å². The molecule has 0 saturated carbocycles. The number of ketones is 1. The van der Waals surface area contributed by atoms with Gasteiger partial charge >= 0.3 is 0 Å². The molecule has 3 amide bonds. The molecule has 2 heterocycles. The van der Waals surface area contributed by atoms with Gasteiger partial charge in [0.05, 0.1) is 11.4 Å². The van der Waals surface area contributed by atoms with Crippen LogP contribution >= 0.6 is 0 Å². The van der Waals surface area contributed by atoms with Gasteiger partial charge in [-0.05, 0) is 43.3 Å². The number of nitrogens with zero attached hydrogens (tertiary/aromatic N) is 2. The first-order valence-corrected chi connectivity index (χ1v) is 9.75. The largest absolute Gasteiger partial charge is 0.482 e. The summed E-state index contributed by atoms with van der Waals surface area (Å²) in [4.78, 5) is 51.3. The third kappa shape index (κ3) is 4.07. The van der Waals surface area contributed by atoms with Crippen molar-refractivity contribution in [3.8, 4) is 11.5 Å². The molecule has 9 heteroatoms. The Balaban J connectivity index is 1.45. The number of rotatable bonds is 5. The van der Waals surface area contributed by atoms with Gasteiger partial charge in [-0.1, -0.05) is 0 Å². The van der Waals surface area contributed by atoms with E-state index in [1.54, 1.807) is 43.4 Å². The van der Waals surface area contributed by atoms with Crippen LogP contribution in [-0.2, 0) is 14.4 Å². The van der Waals surface area contributed by atoms with Gasteiger partial charge in [0.1, 0.15) is 11.5 Å². The Bertz CT molecular complexity index is 1100. The van der Waals surface area contributed by atoms with Crippen molar-refractivity contribution in [2.24, 2.45) is 0 Å². The Labute approximate surface area is 178 Å². The smallest absolute Gasteiger partial charge is 0.265 e. The summed E-state index contributed by atoms with van der Waals surface area (Å²) in [5.41, 5.74) is 2.02. The minimum Gasteiger partial charge on any atom is -0.482 e. The zero-order chi connectivity index (χ0) is 22.1. The summed E-state index contributed by atoms with van der Waals surface area (Å²) in [6.07, 6.45) is 0.0395. The van der Waals surface area contributed by atoms with Crippen molar-refractivity contribution in [3.05, 3.63) is 42.0 Å². The summed E-state index contributed by atoms with van der Waals surface area (Å²) in [5.74, 6) is 0.175. The Morgan fingerprint density at radius 3 is 2.39 bits per heavy atom. The van der Waals surface area contributed by atoms with E-state index in [2.05, 4.69) is 5.32 Å². The highest BCUT2D eigenvalue weighted by atomic mass is 16.5. The van der Waals surface area contributed by atoms with Crippen molar-refractivity contribution in [1.82, 2.24) is 0 Å². The van der Waals surface area contributed by atoms with Crippen molar-refractivity contribution >= 4 is 40.6 Å². The van der Waals surface area contributed by atoms with Crippen LogP contribution in [0.15, 0.2) is 36.4 Å². The van der Waals surface area contributed by atoms with E-state index in [0.29, 0.717) is 34.1 Å². The minimum atomic E-state index is -0.297. The Morgan fingerprint density at radius 2 is 1.65 bits per heavy atom. The van der Waals surface area contributed by atoms with Crippen LogP contribution in [0.1, 0.15) is 23.7 Å². The summed E-state index contributed by atoms with van der Waals surface area (Å²) in [5, 5.41) is 2.78. The van der Waals surface area contributed by atoms with Gasteiger partial charge < -0.3 is 24.6 Å². The van der Waals surface area contributed by atoms with Crippen LogP contribution in [0, 0.1) is 0 Å². The molecule has 0 spiro atoms. The molecule has 0 bridgehead atoms. The number of fused-ring (bicyclic) bond motifs is 2. The van der Waals surface area contributed by atoms with Crippen molar-refractivity contribution < 1.29 is 28.7 Å². The molecule has 2 aromatic carbocycles. The van der Waals surface area contributed by atoms with Crippen molar-refractivity contribution in [2.45, 2.75) is 13.3 Å². The maximum atomic E-state index is 12.5. The van der Waals surface area contributed by atoms with Crippen LogP contribution in [-0.4, -0.2) is 50.3 Å². The number of benzene rings is 2. The number of Topliss-reactive ketones (excluding diaryl/α,β-unsaturated/α-hetero) is 1. The summed E-state index contributed by atoms with van der Waals surface area (Å²) in [6.45, 7) is 1.43. The molecule has 2 aromatic rings. The summed E-state index contributed by atoms with van der Waals surface area (Å²) in [6, 6.07) is 9.94. The highest BCUT2D eigenvalue weighted by Gasteiger charge is 2.27. The van der Waals surface area contributed by atoms with Crippen LogP contribution in [0.2, 0.25) is 0 Å². The summed E-state index contributed by atoms with van der Waals surface area (Å²) >= 11 is 0. The number of hydrogen-bond donors (Lipinski definition) is 1. The lowest BCUT2D eigenvalue weighted by Crippen LogP contribution is -2.40. The van der Waals surface area contributed by atoms with E-state index in [9.17, 15) is 19.2 Å². The first kappa shape index (κ1) is 20.4. The summed E-state index contributed by atoms with van der Waals surface area (Å²) < 4.78 is 10.8. The number of carbonyl (C=O) groups excluding carboxylic acids is 4. The average Bonchev–Trinajstić information content (AvgIpc) is 2.75. The second kappa shape index (κ2) is 8.10. The maximum Gasteiger partial charge on any atom is 0.265 e. The molecule has 0 fully saturated rings. The van der Waals surface area contributed by atoms with Gasteiger partial charge in [0.25, 0.3) is 11.8 Å². The lowest BCUT2D eigenvalue weighted by molar-refractivity contribution is -0.122. The highest BCUT2D eigenvalue weighted by molar-refractivity contribution is 6.02. The Hall–Kier alpha value is -3.88. The monoisotopic (exact) mass is 423 g/mol. The van der Waals surface area contributed by atoms with E-state index in [-0.39, 0.29) is 49.7 Å². The zero-order valence-corrected chi connectivity index (χ0v) is 17.1. The molecule has 0 aromatic heterocycles. The first-order chi connectivity index (χ1) is 14.8. The number of ether oxygens (including phenoxy) is 2. The van der Waals surface area contributed by atoms with E-state index in [1.165, 1.54) is 16.7 Å². The maximum absolute atomic E-state index is 12.5. The van der Waals surface area contributed by atoms with Gasteiger partial charge in [0.2, 0.25) is 5.91 Å². The molecular weight excluding hydrogens is 402 g/mol. The molecule has 0 aliphatic carbocycles. The second-order valence-corrected chi connectivity index (χ2v) is 7.29. The number of carbonyl (C=O) groups is 4. The third-order valence-corrected chi connectivity index (χ3v) is 5.20. The van der Waals surface area contributed by atoms with Crippen molar-refractivity contribution in [1.29, 1.82) is 0 Å². The number of likely N-dealkylation sites (N-methyl/N-ethyl adjacent to an activating group) is 1. The molecule has 31 heavy (non-hydrogen) atoms. The third-order valence-electron chi connectivity index (χ3n) is 5.20. The number of hydrogen-bond acceptors (Lipinski definition) is 6. The molecule has 0 atom stereocenters. The fraction of sp³-hybridized carbons (Fsp3) is 0.273. The molecule has 9 nitrogen and oxygen atoms in total. The highest BCUT2D eigenvalue weighted by Crippen LogP contribution is 2.34. The first-order valence-electron chi connectivity index (χ1n) is 9.75. The van der Waals surface area contributed by atoms with Crippen LogP contribution < -0.4 is 24.6 Å². The molecule has 1 N–H and O–H groups in total. The molecule has 160 valence electrons. The van der Waals surface area contributed by atoms with Crippen LogP contribution in [0.4, 0.5) is 17.1 Å². The van der Waals surface area contributed by atoms with Crippen molar-refractivity contribution in [3.63, 3.8) is 0 Å². The second-order valence-electron chi connectivity index (χ2n) is 7.29. The van der Waals surface area contributed by atoms with Crippen LogP contribution in [0.5, 0.6) is 11.5 Å².